The molecule has 0 aromatic heterocycles. The number of allylic oxidation sites excluding steroid dienone is 1. The van der Waals surface area contributed by atoms with Gasteiger partial charge in [0.25, 0.3) is 0 Å². The molecule has 0 aliphatic rings. The van der Waals surface area contributed by atoms with Gasteiger partial charge in [0.2, 0.25) is 10.0 Å². The highest BCUT2D eigenvalue weighted by molar-refractivity contribution is 7.89. The summed E-state index contributed by atoms with van der Waals surface area (Å²) in [6, 6.07) is 16.7. The molecule has 6 heteroatoms. The van der Waals surface area contributed by atoms with Crippen LogP contribution < -0.4 is 4.72 Å². The van der Waals surface area contributed by atoms with Crippen LogP contribution in [0, 0.1) is 6.92 Å². The van der Waals surface area contributed by atoms with Crippen molar-refractivity contribution in [3.8, 4) is 22.6 Å². The Morgan fingerprint density at radius 3 is 2.37 bits per heavy atom. The minimum atomic E-state index is -4.05. The van der Waals surface area contributed by atoms with E-state index in [-0.39, 0.29) is 22.8 Å². The number of aromatic hydroxyl groups is 2. The topological polar surface area (TPSA) is 86.6 Å². The Hall–Kier alpha value is -3.09. The van der Waals surface area contributed by atoms with Gasteiger partial charge in [-0.05, 0) is 61.4 Å². The van der Waals surface area contributed by atoms with Crippen LogP contribution >= 0.6 is 0 Å². The maximum absolute atomic E-state index is 13.5. The van der Waals surface area contributed by atoms with Gasteiger partial charge in [-0.15, -0.1) is 0 Å². The van der Waals surface area contributed by atoms with Gasteiger partial charge in [-0.3, -0.25) is 0 Å². The summed E-state index contributed by atoms with van der Waals surface area (Å²) in [7, 11) is -4.05. The molecule has 3 aromatic rings. The summed E-state index contributed by atoms with van der Waals surface area (Å²) in [5.41, 5.74) is 4.48. The SMILES string of the molecule is C=C(C)c1ccc(C)cc1-c1c(O)cc(CCCCC)c(S(=O)(=O)NCCc2ccccc2)c1O. The number of hydrogen-bond donors (Lipinski definition) is 3. The fourth-order valence-electron chi connectivity index (χ4n) is 4.29. The zero-order chi connectivity index (χ0) is 25.6. The molecule has 186 valence electrons. The van der Waals surface area contributed by atoms with Crippen LogP contribution in [0.15, 0.2) is 66.1 Å². The quantitative estimate of drug-likeness (QED) is 0.271. The molecular weight excluding hydrogens is 458 g/mol. The van der Waals surface area contributed by atoms with Crippen molar-refractivity contribution >= 4 is 15.6 Å². The number of phenolic OH excluding ortho intramolecular Hbond substituents is 2. The third kappa shape index (κ3) is 6.32. The van der Waals surface area contributed by atoms with E-state index in [9.17, 15) is 18.6 Å². The predicted octanol–water partition coefficient (Wildman–Crippen LogP) is 6.36. The smallest absolute Gasteiger partial charge is 0.244 e. The zero-order valence-corrected chi connectivity index (χ0v) is 21.6. The van der Waals surface area contributed by atoms with E-state index in [1.54, 1.807) is 0 Å². The largest absolute Gasteiger partial charge is 0.507 e. The van der Waals surface area contributed by atoms with Crippen LogP contribution in [0.3, 0.4) is 0 Å². The Morgan fingerprint density at radius 2 is 1.71 bits per heavy atom. The molecule has 0 saturated carbocycles. The van der Waals surface area contributed by atoms with Gasteiger partial charge in [0, 0.05) is 6.54 Å². The number of unbranched alkanes of at least 4 members (excludes halogenated alkanes) is 2. The molecule has 0 spiro atoms. The molecule has 35 heavy (non-hydrogen) atoms. The Balaban J connectivity index is 2.11. The number of hydrogen-bond acceptors (Lipinski definition) is 4. The molecular formula is C29H35NO4S. The molecule has 3 aromatic carbocycles. The van der Waals surface area contributed by atoms with E-state index in [0.29, 0.717) is 24.0 Å². The Labute approximate surface area is 209 Å². The van der Waals surface area contributed by atoms with Crippen molar-refractivity contribution in [1.29, 1.82) is 0 Å². The average Bonchev–Trinajstić information content (AvgIpc) is 2.79. The number of rotatable bonds is 11. The van der Waals surface area contributed by atoms with E-state index < -0.39 is 15.8 Å². The highest BCUT2D eigenvalue weighted by atomic mass is 32.2. The highest BCUT2D eigenvalue weighted by Gasteiger charge is 2.28. The van der Waals surface area contributed by atoms with Crippen molar-refractivity contribution < 1.29 is 18.6 Å². The summed E-state index contributed by atoms with van der Waals surface area (Å²) in [5.74, 6) is -0.581. The molecule has 0 bridgehead atoms. The van der Waals surface area contributed by atoms with E-state index >= 15 is 0 Å². The summed E-state index contributed by atoms with van der Waals surface area (Å²) in [5, 5.41) is 22.4. The molecule has 0 unspecified atom stereocenters. The first-order chi connectivity index (χ1) is 16.7. The zero-order valence-electron chi connectivity index (χ0n) is 20.8. The molecule has 0 aliphatic carbocycles. The van der Waals surface area contributed by atoms with E-state index in [0.717, 1.165) is 41.5 Å². The van der Waals surface area contributed by atoms with Crippen molar-refractivity contribution in [2.75, 3.05) is 6.54 Å². The molecule has 0 radical (unpaired) electrons. The van der Waals surface area contributed by atoms with Crippen molar-refractivity contribution in [1.82, 2.24) is 4.72 Å². The Bertz CT molecular complexity index is 1300. The van der Waals surface area contributed by atoms with E-state index in [2.05, 4.69) is 18.2 Å². The summed E-state index contributed by atoms with van der Waals surface area (Å²) in [4.78, 5) is -0.163. The van der Waals surface area contributed by atoms with Gasteiger partial charge in [0.1, 0.15) is 16.4 Å². The second-order valence-corrected chi connectivity index (χ2v) is 10.7. The summed E-state index contributed by atoms with van der Waals surface area (Å²) < 4.78 is 29.7. The van der Waals surface area contributed by atoms with Crippen molar-refractivity contribution in [3.63, 3.8) is 0 Å². The minimum absolute atomic E-state index is 0.106. The third-order valence-electron chi connectivity index (χ3n) is 6.08. The molecule has 0 saturated heterocycles. The number of aryl methyl sites for hydroxylation is 2. The van der Waals surface area contributed by atoms with Gasteiger partial charge >= 0.3 is 0 Å². The van der Waals surface area contributed by atoms with Crippen LogP contribution in [0.5, 0.6) is 11.5 Å². The van der Waals surface area contributed by atoms with Crippen LogP contribution in [0.25, 0.3) is 16.7 Å². The average molecular weight is 494 g/mol. The second kappa shape index (κ2) is 11.6. The van der Waals surface area contributed by atoms with Crippen LogP contribution in [0.4, 0.5) is 0 Å². The lowest BCUT2D eigenvalue weighted by molar-refractivity contribution is 0.439. The molecule has 0 fully saturated rings. The lowest BCUT2D eigenvalue weighted by Crippen LogP contribution is -2.27. The van der Waals surface area contributed by atoms with Crippen LogP contribution in [0.2, 0.25) is 0 Å². The highest BCUT2D eigenvalue weighted by Crippen LogP contribution is 2.46. The normalized spacial score (nSPS) is 11.5. The van der Waals surface area contributed by atoms with Gasteiger partial charge in [-0.25, -0.2) is 13.1 Å². The summed E-state index contributed by atoms with van der Waals surface area (Å²) in [6.45, 7) is 10.0. The predicted molar refractivity (Wildman–Crippen MR) is 143 cm³/mol. The van der Waals surface area contributed by atoms with Crippen molar-refractivity contribution in [2.24, 2.45) is 0 Å². The van der Waals surface area contributed by atoms with Crippen molar-refractivity contribution in [2.45, 2.75) is 57.8 Å². The van der Waals surface area contributed by atoms with E-state index in [4.69, 9.17) is 0 Å². The van der Waals surface area contributed by atoms with Crippen molar-refractivity contribution in [3.05, 3.63) is 83.4 Å². The standard InChI is InChI=1S/C29H35NO4S/c1-5-6-8-13-23-19-26(31)27(25-18-21(4)14-15-24(25)20(2)3)28(32)29(23)35(33,34)30-17-16-22-11-9-7-10-12-22/h7,9-12,14-15,18-19,30-32H,2,5-6,8,13,16-17H2,1,3-4H3. The van der Waals surface area contributed by atoms with Gasteiger partial charge in [0.05, 0.1) is 5.56 Å². The molecule has 5 nitrogen and oxygen atoms in total. The molecule has 3 N–H and O–H groups in total. The number of nitrogens with one attached hydrogen (secondary N) is 1. The van der Waals surface area contributed by atoms with Gasteiger partial charge in [-0.1, -0.05) is 86.0 Å². The Kier molecular flexibility index (Phi) is 8.76. The van der Waals surface area contributed by atoms with E-state index in [1.807, 2.05) is 62.4 Å². The van der Waals surface area contributed by atoms with Crippen LogP contribution in [-0.4, -0.2) is 25.2 Å². The molecule has 0 heterocycles. The van der Waals surface area contributed by atoms with E-state index in [1.165, 1.54) is 6.07 Å². The van der Waals surface area contributed by atoms with Gasteiger partial charge < -0.3 is 10.2 Å². The first-order valence-electron chi connectivity index (χ1n) is 12.0. The first kappa shape index (κ1) is 26.5. The monoisotopic (exact) mass is 493 g/mol. The number of benzene rings is 3. The lowest BCUT2D eigenvalue weighted by atomic mass is 9.91. The number of sulfonamides is 1. The molecule has 0 atom stereocenters. The summed E-state index contributed by atoms with van der Waals surface area (Å²) >= 11 is 0. The first-order valence-corrected chi connectivity index (χ1v) is 13.5. The second-order valence-electron chi connectivity index (χ2n) is 9.03. The third-order valence-corrected chi connectivity index (χ3v) is 7.66. The van der Waals surface area contributed by atoms with Crippen LogP contribution in [0.1, 0.15) is 55.4 Å². The molecule has 0 aliphatic heterocycles. The van der Waals surface area contributed by atoms with Crippen LogP contribution in [-0.2, 0) is 22.9 Å². The molecule has 0 amide bonds. The van der Waals surface area contributed by atoms with Gasteiger partial charge in [0.15, 0.2) is 0 Å². The van der Waals surface area contributed by atoms with Gasteiger partial charge in [-0.2, -0.15) is 0 Å². The fraction of sp³-hybridized carbons (Fsp3) is 0.310. The minimum Gasteiger partial charge on any atom is -0.507 e. The lowest BCUT2D eigenvalue weighted by Gasteiger charge is -2.19. The molecule has 3 rings (SSSR count). The fourth-order valence-corrected chi connectivity index (χ4v) is 5.67. The maximum Gasteiger partial charge on any atom is 0.244 e. The number of phenols is 2. The Morgan fingerprint density at radius 1 is 1.00 bits per heavy atom. The summed E-state index contributed by atoms with van der Waals surface area (Å²) in [6.07, 6.45) is 3.60. The maximum atomic E-state index is 13.5.